The van der Waals surface area contributed by atoms with E-state index in [1.165, 1.54) is 0 Å². The Morgan fingerprint density at radius 3 is 2.48 bits per heavy atom. The van der Waals surface area contributed by atoms with Crippen LogP contribution in [0.2, 0.25) is 0 Å². The van der Waals surface area contributed by atoms with E-state index in [2.05, 4.69) is 53.7 Å². The minimum absolute atomic E-state index is 0. The summed E-state index contributed by atoms with van der Waals surface area (Å²) in [6, 6.07) is 0.436. The van der Waals surface area contributed by atoms with Crippen LogP contribution in [0.1, 0.15) is 51.4 Å². The molecule has 23 heavy (non-hydrogen) atoms. The molecule has 1 aliphatic carbocycles. The molecule has 1 atom stereocenters. The first-order valence-corrected chi connectivity index (χ1v) is 8.56. The van der Waals surface area contributed by atoms with Gasteiger partial charge in [0.25, 0.3) is 0 Å². The Labute approximate surface area is 160 Å². The SMILES string of the molecule is CN=C(NCc1csc(C(C)OC)n1)NC1C(C)(C)C1(C)C.I. The first kappa shape index (κ1) is 20.6. The largest absolute Gasteiger partial charge is 0.375 e. The third kappa shape index (κ3) is 4.17. The molecule has 0 aliphatic heterocycles. The molecule has 132 valence electrons. The van der Waals surface area contributed by atoms with Gasteiger partial charge in [-0.3, -0.25) is 4.99 Å². The average Bonchev–Trinajstić information content (AvgIpc) is 2.85. The normalized spacial score (nSPS) is 20.6. The Morgan fingerprint density at radius 2 is 2.00 bits per heavy atom. The summed E-state index contributed by atoms with van der Waals surface area (Å²) in [5.74, 6) is 0.831. The third-order valence-electron chi connectivity index (χ3n) is 5.23. The van der Waals surface area contributed by atoms with Crippen molar-refractivity contribution in [3.8, 4) is 0 Å². The van der Waals surface area contributed by atoms with Gasteiger partial charge in [0, 0.05) is 25.6 Å². The Bertz CT molecular complexity index is 542. The molecule has 0 saturated heterocycles. The number of thiazole rings is 1. The highest BCUT2D eigenvalue weighted by Gasteiger charge is 2.65. The van der Waals surface area contributed by atoms with Gasteiger partial charge in [-0.2, -0.15) is 0 Å². The van der Waals surface area contributed by atoms with Gasteiger partial charge in [0.15, 0.2) is 5.96 Å². The molecule has 1 saturated carbocycles. The predicted molar refractivity (Wildman–Crippen MR) is 108 cm³/mol. The van der Waals surface area contributed by atoms with Gasteiger partial charge in [0.1, 0.15) is 11.1 Å². The molecular weight excluding hydrogens is 423 g/mol. The number of nitrogens with one attached hydrogen (secondary N) is 2. The topological polar surface area (TPSA) is 58.5 Å². The number of nitrogens with zero attached hydrogens (tertiary/aromatic N) is 2. The van der Waals surface area contributed by atoms with E-state index in [1.807, 2.05) is 6.92 Å². The van der Waals surface area contributed by atoms with Crippen molar-refractivity contribution in [3.05, 3.63) is 16.1 Å². The summed E-state index contributed by atoms with van der Waals surface area (Å²) in [5, 5.41) is 9.94. The third-order valence-corrected chi connectivity index (χ3v) is 6.29. The van der Waals surface area contributed by atoms with Crippen LogP contribution >= 0.6 is 35.3 Å². The van der Waals surface area contributed by atoms with Crippen LogP contribution in [0.3, 0.4) is 0 Å². The number of hydrogen-bond acceptors (Lipinski definition) is 4. The number of aliphatic imine (C=N–C) groups is 1. The highest BCUT2D eigenvalue weighted by molar-refractivity contribution is 14.0. The summed E-state index contributed by atoms with van der Waals surface area (Å²) < 4.78 is 5.29. The van der Waals surface area contributed by atoms with Crippen LogP contribution in [0.5, 0.6) is 0 Å². The van der Waals surface area contributed by atoms with Gasteiger partial charge < -0.3 is 15.4 Å². The Kier molecular flexibility index (Phi) is 6.86. The van der Waals surface area contributed by atoms with Gasteiger partial charge >= 0.3 is 0 Å². The van der Waals surface area contributed by atoms with Gasteiger partial charge in [0.05, 0.1) is 12.2 Å². The molecule has 2 N–H and O–H groups in total. The zero-order valence-electron chi connectivity index (χ0n) is 15.1. The van der Waals surface area contributed by atoms with Crippen LogP contribution < -0.4 is 10.6 Å². The zero-order chi connectivity index (χ0) is 16.5. The smallest absolute Gasteiger partial charge is 0.191 e. The lowest BCUT2D eigenvalue weighted by molar-refractivity contribution is 0.119. The molecule has 1 fully saturated rings. The Balaban J connectivity index is 0.00000264. The maximum atomic E-state index is 5.29. The Hall–Kier alpha value is -0.410. The molecular formula is C16H29IN4OS. The summed E-state index contributed by atoms with van der Waals surface area (Å²) in [5.41, 5.74) is 1.58. The maximum Gasteiger partial charge on any atom is 0.191 e. The second-order valence-electron chi connectivity index (χ2n) is 7.00. The molecule has 1 unspecified atom stereocenters. The fraction of sp³-hybridized carbons (Fsp3) is 0.750. The summed E-state index contributed by atoms with van der Waals surface area (Å²) in [6.07, 6.45) is 0.0456. The molecule has 0 bridgehead atoms. The number of hydrogen-bond donors (Lipinski definition) is 2. The van der Waals surface area contributed by atoms with E-state index in [-0.39, 0.29) is 40.9 Å². The number of halogens is 1. The molecule has 1 heterocycles. The lowest BCUT2D eigenvalue weighted by atomic mass is 10.0. The predicted octanol–water partition coefficient (Wildman–Crippen LogP) is 3.57. The van der Waals surface area contributed by atoms with Crippen molar-refractivity contribution in [2.24, 2.45) is 15.8 Å². The lowest BCUT2D eigenvalue weighted by Gasteiger charge is -2.12. The minimum Gasteiger partial charge on any atom is -0.375 e. The first-order valence-electron chi connectivity index (χ1n) is 7.68. The van der Waals surface area contributed by atoms with E-state index in [0.29, 0.717) is 12.6 Å². The molecule has 1 aromatic heterocycles. The van der Waals surface area contributed by atoms with Crippen molar-refractivity contribution >= 4 is 41.3 Å². The van der Waals surface area contributed by atoms with Crippen LogP contribution in [0.4, 0.5) is 0 Å². The summed E-state index contributed by atoms with van der Waals surface area (Å²) in [4.78, 5) is 8.91. The van der Waals surface area contributed by atoms with Crippen molar-refractivity contribution in [2.45, 2.75) is 53.3 Å². The van der Waals surface area contributed by atoms with Gasteiger partial charge in [-0.1, -0.05) is 27.7 Å². The Morgan fingerprint density at radius 1 is 1.39 bits per heavy atom. The van der Waals surface area contributed by atoms with E-state index in [1.54, 1.807) is 25.5 Å². The first-order chi connectivity index (χ1) is 10.2. The molecule has 0 aromatic carbocycles. The minimum atomic E-state index is 0. The van der Waals surface area contributed by atoms with Crippen molar-refractivity contribution < 1.29 is 4.74 Å². The molecule has 1 aliphatic rings. The van der Waals surface area contributed by atoms with Gasteiger partial charge in [-0.25, -0.2) is 4.98 Å². The van der Waals surface area contributed by atoms with Crippen molar-refractivity contribution in [2.75, 3.05) is 14.2 Å². The van der Waals surface area contributed by atoms with Crippen LogP contribution in [-0.2, 0) is 11.3 Å². The molecule has 0 radical (unpaired) electrons. The zero-order valence-corrected chi connectivity index (χ0v) is 18.2. The number of aromatic nitrogens is 1. The average molecular weight is 452 g/mol. The quantitative estimate of drug-likeness (QED) is 0.408. The number of rotatable bonds is 5. The van der Waals surface area contributed by atoms with Crippen LogP contribution in [0.25, 0.3) is 0 Å². The van der Waals surface area contributed by atoms with Crippen molar-refractivity contribution in [3.63, 3.8) is 0 Å². The molecule has 0 amide bonds. The highest BCUT2D eigenvalue weighted by atomic mass is 127. The van der Waals surface area contributed by atoms with Gasteiger partial charge in [0.2, 0.25) is 0 Å². The highest BCUT2D eigenvalue weighted by Crippen LogP contribution is 2.62. The van der Waals surface area contributed by atoms with E-state index >= 15 is 0 Å². The lowest BCUT2D eigenvalue weighted by Crippen LogP contribution is -2.40. The van der Waals surface area contributed by atoms with E-state index in [0.717, 1.165) is 16.7 Å². The number of methoxy groups -OCH3 is 1. The van der Waals surface area contributed by atoms with Crippen LogP contribution in [-0.4, -0.2) is 31.1 Å². The standard InChI is InChI=1S/C16H28N4OS.HI/c1-10(21-7)12-19-11(9-22-12)8-18-14(17-6)20-13-15(2,3)16(13,4)5;/h9-10,13H,8H2,1-7H3,(H2,17,18,20);1H. The fourth-order valence-corrected chi connectivity index (χ4v) is 3.60. The molecule has 7 heteroatoms. The second-order valence-corrected chi connectivity index (χ2v) is 7.89. The van der Waals surface area contributed by atoms with Crippen molar-refractivity contribution in [1.29, 1.82) is 0 Å². The van der Waals surface area contributed by atoms with Crippen molar-refractivity contribution in [1.82, 2.24) is 15.6 Å². The van der Waals surface area contributed by atoms with E-state index < -0.39 is 0 Å². The number of guanidine groups is 1. The van der Waals surface area contributed by atoms with Gasteiger partial charge in [-0.15, -0.1) is 35.3 Å². The van der Waals surface area contributed by atoms with Gasteiger partial charge in [-0.05, 0) is 17.8 Å². The monoisotopic (exact) mass is 452 g/mol. The maximum absolute atomic E-state index is 5.29. The summed E-state index contributed by atoms with van der Waals surface area (Å²) >= 11 is 1.63. The number of ether oxygens (including phenoxy) is 1. The summed E-state index contributed by atoms with van der Waals surface area (Å²) in [6.45, 7) is 11.8. The second kappa shape index (κ2) is 7.65. The van der Waals surface area contributed by atoms with Crippen LogP contribution in [0.15, 0.2) is 10.4 Å². The van der Waals surface area contributed by atoms with Crippen LogP contribution in [0, 0.1) is 10.8 Å². The molecule has 0 spiro atoms. The molecule has 2 rings (SSSR count). The van der Waals surface area contributed by atoms with E-state index in [9.17, 15) is 0 Å². The van der Waals surface area contributed by atoms with E-state index in [4.69, 9.17) is 4.74 Å². The molecule has 1 aromatic rings. The molecule has 5 nitrogen and oxygen atoms in total. The fourth-order valence-electron chi connectivity index (χ4n) is 2.75. The summed E-state index contributed by atoms with van der Waals surface area (Å²) in [7, 11) is 3.51.